The Morgan fingerprint density at radius 1 is 1.19 bits per heavy atom. The normalized spacial score (nSPS) is 15.5. The number of morpholine rings is 1. The molecule has 0 spiro atoms. The van der Waals surface area contributed by atoms with E-state index in [2.05, 4.69) is 26.6 Å². The smallest absolute Gasteiger partial charge is 0.223 e. The number of rotatable bonds is 9. The van der Waals surface area contributed by atoms with Gasteiger partial charge >= 0.3 is 0 Å². The fourth-order valence-corrected chi connectivity index (χ4v) is 3.33. The Balaban J connectivity index is 0.00000480. The number of nitrogens with zero attached hydrogens (tertiary/aromatic N) is 3. The summed E-state index contributed by atoms with van der Waals surface area (Å²) in [5.74, 6) is 2.16. The third-order valence-corrected chi connectivity index (χ3v) is 5.10. The van der Waals surface area contributed by atoms with Crippen LogP contribution >= 0.6 is 24.0 Å². The second-order valence-electron chi connectivity index (χ2n) is 7.20. The van der Waals surface area contributed by atoms with Crippen molar-refractivity contribution in [3.05, 3.63) is 23.8 Å². The van der Waals surface area contributed by atoms with Gasteiger partial charge in [-0.3, -0.25) is 14.7 Å². The predicted molar refractivity (Wildman–Crippen MR) is 133 cm³/mol. The largest absolute Gasteiger partial charge is 0.493 e. The van der Waals surface area contributed by atoms with Crippen LogP contribution in [0.3, 0.4) is 0 Å². The van der Waals surface area contributed by atoms with Crippen molar-refractivity contribution in [1.29, 1.82) is 0 Å². The van der Waals surface area contributed by atoms with Crippen molar-refractivity contribution in [3.63, 3.8) is 0 Å². The second-order valence-corrected chi connectivity index (χ2v) is 7.20. The molecule has 1 aromatic carbocycles. The number of halogens is 1. The van der Waals surface area contributed by atoms with E-state index in [9.17, 15) is 4.79 Å². The van der Waals surface area contributed by atoms with Crippen LogP contribution in [0.15, 0.2) is 23.2 Å². The molecular formula is C21H36IN5O4. The van der Waals surface area contributed by atoms with E-state index in [1.807, 2.05) is 12.1 Å². The third kappa shape index (κ3) is 8.34. The molecule has 0 radical (unpaired) electrons. The minimum atomic E-state index is 0. The van der Waals surface area contributed by atoms with Crippen LogP contribution in [0.5, 0.6) is 11.5 Å². The van der Waals surface area contributed by atoms with Gasteiger partial charge in [0.2, 0.25) is 5.91 Å². The van der Waals surface area contributed by atoms with Crippen molar-refractivity contribution in [1.82, 2.24) is 20.4 Å². The lowest BCUT2D eigenvalue weighted by atomic mass is 10.0. The van der Waals surface area contributed by atoms with Gasteiger partial charge in [-0.1, -0.05) is 6.07 Å². The molecule has 1 atom stereocenters. The van der Waals surface area contributed by atoms with Gasteiger partial charge in [0.15, 0.2) is 17.5 Å². The quantitative estimate of drug-likeness (QED) is 0.273. The zero-order valence-electron chi connectivity index (χ0n) is 19.1. The highest BCUT2D eigenvalue weighted by Gasteiger charge is 2.24. The number of nitrogens with one attached hydrogen (secondary N) is 2. The van der Waals surface area contributed by atoms with Crippen LogP contribution in [-0.2, 0) is 9.53 Å². The number of amides is 1. The molecule has 0 aromatic heterocycles. The minimum absolute atomic E-state index is 0. The molecular weight excluding hydrogens is 513 g/mol. The van der Waals surface area contributed by atoms with E-state index in [4.69, 9.17) is 14.2 Å². The summed E-state index contributed by atoms with van der Waals surface area (Å²) < 4.78 is 16.4. The number of guanidine groups is 1. The third-order valence-electron chi connectivity index (χ3n) is 5.10. The number of aliphatic imine (C=N–C) groups is 1. The van der Waals surface area contributed by atoms with Crippen LogP contribution in [0, 0.1) is 0 Å². The Hall–Kier alpha value is -1.79. The number of carbonyl (C=O) groups excluding carboxylic acids is 1. The number of methoxy groups -OCH3 is 2. The first-order valence-electron chi connectivity index (χ1n) is 10.2. The SMILES string of the molecule is CN=C(NCCC(=O)N(C)C)NCC(c1ccc(OC)c(OC)c1)N1CCOCC1.I. The predicted octanol–water partition coefficient (Wildman–Crippen LogP) is 1.34. The van der Waals surface area contributed by atoms with E-state index in [-0.39, 0.29) is 35.9 Å². The van der Waals surface area contributed by atoms with Crippen molar-refractivity contribution in [2.24, 2.45) is 4.99 Å². The van der Waals surface area contributed by atoms with E-state index in [0.29, 0.717) is 50.2 Å². The molecule has 1 unspecified atom stereocenters. The molecule has 0 bridgehead atoms. The summed E-state index contributed by atoms with van der Waals surface area (Å²) in [4.78, 5) is 20.0. The van der Waals surface area contributed by atoms with Crippen molar-refractivity contribution in [2.75, 3.05) is 74.8 Å². The maximum atomic E-state index is 11.8. The molecule has 1 fully saturated rings. The van der Waals surface area contributed by atoms with Gasteiger partial charge in [0, 0.05) is 53.7 Å². The number of hydrogen-bond donors (Lipinski definition) is 2. The summed E-state index contributed by atoms with van der Waals surface area (Å²) in [5.41, 5.74) is 1.13. The average molecular weight is 549 g/mol. The van der Waals surface area contributed by atoms with E-state index in [0.717, 1.165) is 18.7 Å². The molecule has 176 valence electrons. The maximum Gasteiger partial charge on any atom is 0.223 e. The zero-order valence-corrected chi connectivity index (χ0v) is 21.5. The minimum Gasteiger partial charge on any atom is -0.493 e. The summed E-state index contributed by atoms with van der Waals surface area (Å²) >= 11 is 0. The summed E-state index contributed by atoms with van der Waals surface area (Å²) in [5, 5.41) is 6.60. The summed E-state index contributed by atoms with van der Waals surface area (Å²) in [6.45, 7) is 4.30. The van der Waals surface area contributed by atoms with Crippen molar-refractivity contribution in [3.8, 4) is 11.5 Å². The highest BCUT2D eigenvalue weighted by atomic mass is 127. The number of benzene rings is 1. The van der Waals surface area contributed by atoms with Gasteiger partial charge in [-0.25, -0.2) is 0 Å². The first-order valence-corrected chi connectivity index (χ1v) is 10.2. The van der Waals surface area contributed by atoms with Gasteiger partial charge in [0.1, 0.15) is 0 Å². The van der Waals surface area contributed by atoms with Gasteiger partial charge in [-0.05, 0) is 17.7 Å². The molecule has 0 aliphatic carbocycles. The Morgan fingerprint density at radius 3 is 2.45 bits per heavy atom. The van der Waals surface area contributed by atoms with Crippen molar-refractivity contribution in [2.45, 2.75) is 12.5 Å². The molecule has 1 amide bonds. The molecule has 1 aliphatic heterocycles. The molecule has 2 N–H and O–H groups in total. The average Bonchev–Trinajstić information content (AvgIpc) is 2.78. The lowest BCUT2D eigenvalue weighted by molar-refractivity contribution is -0.128. The molecule has 9 nitrogen and oxygen atoms in total. The Labute approximate surface area is 202 Å². The monoisotopic (exact) mass is 549 g/mol. The van der Waals surface area contributed by atoms with Crippen LogP contribution in [0.4, 0.5) is 0 Å². The van der Waals surface area contributed by atoms with Gasteiger partial charge in [0.05, 0.1) is 33.5 Å². The fourth-order valence-electron chi connectivity index (χ4n) is 3.33. The van der Waals surface area contributed by atoms with Gasteiger partial charge in [0.25, 0.3) is 0 Å². The molecule has 1 aliphatic rings. The summed E-state index contributed by atoms with van der Waals surface area (Å²) in [7, 11) is 8.51. The highest BCUT2D eigenvalue weighted by molar-refractivity contribution is 14.0. The molecule has 1 heterocycles. The Bertz CT molecular complexity index is 711. The van der Waals surface area contributed by atoms with Crippen LogP contribution < -0.4 is 20.1 Å². The van der Waals surface area contributed by atoms with Gasteiger partial charge < -0.3 is 29.7 Å². The molecule has 1 saturated heterocycles. The topological polar surface area (TPSA) is 87.7 Å². The molecule has 0 saturated carbocycles. The molecule has 31 heavy (non-hydrogen) atoms. The lowest BCUT2D eigenvalue weighted by Crippen LogP contribution is -2.46. The number of ether oxygens (including phenoxy) is 3. The summed E-state index contributed by atoms with van der Waals surface area (Å²) in [6, 6.07) is 6.12. The van der Waals surface area contributed by atoms with Crippen molar-refractivity contribution >= 4 is 35.8 Å². The number of carbonyl (C=O) groups is 1. The van der Waals surface area contributed by atoms with Crippen molar-refractivity contribution < 1.29 is 19.0 Å². The van der Waals surface area contributed by atoms with E-state index in [1.165, 1.54) is 0 Å². The standard InChI is InChI=1S/C21H35N5O4.HI/c1-22-21(23-9-8-20(27)25(2)3)24-15-17(26-10-12-30-13-11-26)16-6-7-18(28-4)19(14-16)29-5;/h6-7,14,17H,8-13,15H2,1-5H3,(H2,22,23,24);1H. The zero-order chi connectivity index (χ0) is 21.9. The lowest BCUT2D eigenvalue weighted by Gasteiger charge is -2.35. The first-order chi connectivity index (χ1) is 14.5. The van der Waals surface area contributed by atoms with Crippen LogP contribution in [0.1, 0.15) is 18.0 Å². The van der Waals surface area contributed by atoms with Gasteiger partial charge in [-0.15, -0.1) is 24.0 Å². The van der Waals surface area contributed by atoms with Crippen LogP contribution in [0.25, 0.3) is 0 Å². The Kier molecular flexibility index (Phi) is 12.6. The highest BCUT2D eigenvalue weighted by Crippen LogP contribution is 2.32. The Morgan fingerprint density at radius 2 is 1.87 bits per heavy atom. The van der Waals surface area contributed by atoms with E-state index < -0.39 is 0 Å². The van der Waals surface area contributed by atoms with Gasteiger partial charge in [-0.2, -0.15) is 0 Å². The molecule has 2 rings (SSSR count). The van der Waals surface area contributed by atoms with E-state index >= 15 is 0 Å². The first kappa shape index (κ1) is 27.2. The molecule has 10 heteroatoms. The van der Waals surface area contributed by atoms with Crippen LogP contribution in [0.2, 0.25) is 0 Å². The molecule has 1 aromatic rings. The van der Waals surface area contributed by atoms with Crippen LogP contribution in [-0.4, -0.2) is 96.4 Å². The number of hydrogen-bond acceptors (Lipinski definition) is 6. The maximum absolute atomic E-state index is 11.8. The fraction of sp³-hybridized carbons (Fsp3) is 0.619. The van der Waals surface area contributed by atoms with E-state index in [1.54, 1.807) is 40.3 Å². The summed E-state index contributed by atoms with van der Waals surface area (Å²) in [6.07, 6.45) is 0.413. The second kappa shape index (κ2) is 14.3.